The number of aliphatic hydroxyl groups excluding tert-OH is 1. The fourth-order valence-electron chi connectivity index (χ4n) is 1.75. The molecule has 0 aromatic carbocycles. The van der Waals surface area contributed by atoms with Gasteiger partial charge < -0.3 is 9.84 Å². The minimum atomic E-state index is -0.199. The minimum Gasteiger partial charge on any atom is -0.396 e. The molecule has 12 heavy (non-hydrogen) atoms. The van der Waals surface area contributed by atoms with Crippen LogP contribution in [0.5, 0.6) is 0 Å². The first-order chi connectivity index (χ1) is 5.46. The lowest BCUT2D eigenvalue weighted by Gasteiger charge is -2.58. The van der Waals surface area contributed by atoms with Gasteiger partial charge in [0.05, 0.1) is 6.61 Å². The number of nitrogens with zero attached hydrogens (tertiary/aromatic N) is 1. The predicted octanol–water partition coefficient (Wildman–Crippen LogP) is 0.683. The van der Waals surface area contributed by atoms with E-state index in [0.29, 0.717) is 0 Å². The van der Waals surface area contributed by atoms with Gasteiger partial charge in [0.15, 0.2) is 0 Å². The fraction of sp³-hybridized carbons (Fsp3) is 1.00. The van der Waals surface area contributed by atoms with Crippen molar-refractivity contribution < 1.29 is 9.84 Å². The van der Waals surface area contributed by atoms with Crippen LogP contribution in [-0.4, -0.2) is 43.0 Å². The van der Waals surface area contributed by atoms with Crippen LogP contribution in [0, 0.1) is 5.41 Å². The highest BCUT2D eigenvalue weighted by Crippen LogP contribution is 2.47. The second-order valence-corrected chi connectivity index (χ2v) is 4.20. The first-order valence-corrected chi connectivity index (χ1v) is 4.38. The summed E-state index contributed by atoms with van der Waals surface area (Å²) < 4.78 is 5.56. The second kappa shape index (κ2) is 2.98. The number of rotatable bonds is 3. The molecule has 2 unspecified atom stereocenters. The van der Waals surface area contributed by atoms with Crippen molar-refractivity contribution in [2.45, 2.75) is 26.0 Å². The molecular weight excluding hydrogens is 154 g/mol. The zero-order valence-electron chi connectivity index (χ0n) is 8.42. The lowest BCUT2D eigenvalue weighted by Crippen LogP contribution is -2.67. The van der Waals surface area contributed by atoms with E-state index in [-0.39, 0.29) is 17.7 Å². The van der Waals surface area contributed by atoms with Crippen LogP contribution in [0.2, 0.25) is 0 Å². The largest absolute Gasteiger partial charge is 0.396 e. The lowest BCUT2D eigenvalue weighted by atomic mass is 9.72. The third-order valence-corrected chi connectivity index (χ3v) is 3.31. The maximum atomic E-state index is 8.91. The highest BCUT2D eigenvalue weighted by molar-refractivity contribution is 4.99. The van der Waals surface area contributed by atoms with E-state index >= 15 is 0 Å². The highest BCUT2D eigenvalue weighted by atomic mass is 16.5. The average molecular weight is 173 g/mol. The van der Waals surface area contributed by atoms with Gasteiger partial charge in [0.2, 0.25) is 0 Å². The van der Waals surface area contributed by atoms with Crippen molar-refractivity contribution in [1.82, 2.24) is 4.90 Å². The molecule has 1 rings (SSSR count). The van der Waals surface area contributed by atoms with Crippen LogP contribution >= 0.6 is 0 Å². The van der Waals surface area contributed by atoms with Crippen molar-refractivity contribution in [2.75, 3.05) is 27.3 Å². The van der Waals surface area contributed by atoms with Gasteiger partial charge in [0.1, 0.15) is 5.72 Å². The van der Waals surface area contributed by atoms with Crippen LogP contribution in [0.1, 0.15) is 20.3 Å². The Morgan fingerprint density at radius 1 is 1.42 bits per heavy atom. The molecule has 1 saturated heterocycles. The Balaban J connectivity index is 2.68. The van der Waals surface area contributed by atoms with Gasteiger partial charge in [-0.05, 0) is 27.4 Å². The SMILES string of the molecule is CN(C)C1(C)OCC1(C)CCO. The van der Waals surface area contributed by atoms with Gasteiger partial charge in [-0.1, -0.05) is 6.92 Å². The van der Waals surface area contributed by atoms with Gasteiger partial charge in [-0.15, -0.1) is 0 Å². The fourth-order valence-corrected chi connectivity index (χ4v) is 1.75. The molecule has 0 aromatic heterocycles. The van der Waals surface area contributed by atoms with Crippen LogP contribution in [0.15, 0.2) is 0 Å². The first kappa shape index (κ1) is 9.96. The molecule has 3 heteroatoms. The van der Waals surface area contributed by atoms with Crippen molar-refractivity contribution in [3.05, 3.63) is 0 Å². The second-order valence-electron chi connectivity index (χ2n) is 4.20. The van der Waals surface area contributed by atoms with Crippen molar-refractivity contribution in [2.24, 2.45) is 5.41 Å². The molecule has 1 aliphatic heterocycles. The van der Waals surface area contributed by atoms with Crippen LogP contribution in [0.4, 0.5) is 0 Å². The molecule has 0 radical (unpaired) electrons. The molecule has 0 bridgehead atoms. The normalized spacial score (nSPS) is 41.5. The summed E-state index contributed by atoms with van der Waals surface area (Å²) in [4.78, 5) is 2.08. The third-order valence-electron chi connectivity index (χ3n) is 3.31. The quantitative estimate of drug-likeness (QED) is 0.681. The van der Waals surface area contributed by atoms with Crippen molar-refractivity contribution in [3.8, 4) is 0 Å². The molecule has 1 aliphatic rings. The summed E-state index contributed by atoms with van der Waals surface area (Å²) in [6.45, 7) is 5.23. The van der Waals surface area contributed by atoms with Gasteiger partial charge in [0.25, 0.3) is 0 Å². The molecule has 3 nitrogen and oxygen atoms in total. The Bertz CT molecular complexity index is 172. The lowest BCUT2D eigenvalue weighted by molar-refractivity contribution is -0.315. The standard InChI is InChI=1S/C9H19NO2/c1-8(5-6-11)7-12-9(8,2)10(3)4/h11H,5-7H2,1-4H3. The van der Waals surface area contributed by atoms with E-state index in [9.17, 15) is 0 Å². The van der Waals surface area contributed by atoms with Gasteiger partial charge in [-0.25, -0.2) is 0 Å². The van der Waals surface area contributed by atoms with E-state index in [0.717, 1.165) is 13.0 Å². The summed E-state index contributed by atoms with van der Waals surface area (Å²) in [5, 5.41) is 8.91. The summed E-state index contributed by atoms with van der Waals surface area (Å²) in [6, 6.07) is 0. The van der Waals surface area contributed by atoms with Crippen LogP contribution < -0.4 is 0 Å². The van der Waals surface area contributed by atoms with E-state index in [4.69, 9.17) is 9.84 Å². The third kappa shape index (κ3) is 1.16. The number of aliphatic hydroxyl groups is 1. The molecule has 0 spiro atoms. The molecule has 0 aliphatic carbocycles. The Hall–Kier alpha value is -0.120. The Kier molecular flexibility index (Phi) is 2.47. The summed E-state index contributed by atoms with van der Waals surface area (Å²) in [7, 11) is 4.02. The summed E-state index contributed by atoms with van der Waals surface area (Å²) in [6.07, 6.45) is 0.807. The Morgan fingerprint density at radius 3 is 2.25 bits per heavy atom. The number of hydrogen-bond donors (Lipinski definition) is 1. The summed E-state index contributed by atoms with van der Waals surface area (Å²) >= 11 is 0. The highest BCUT2D eigenvalue weighted by Gasteiger charge is 2.55. The van der Waals surface area contributed by atoms with E-state index in [1.165, 1.54) is 0 Å². The topological polar surface area (TPSA) is 32.7 Å². The maximum absolute atomic E-state index is 8.91. The molecule has 2 atom stereocenters. The summed E-state index contributed by atoms with van der Waals surface area (Å²) in [5.74, 6) is 0. The summed E-state index contributed by atoms with van der Waals surface area (Å²) in [5.41, 5.74) is -0.0962. The van der Waals surface area contributed by atoms with Gasteiger partial charge in [-0.3, -0.25) is 4.90 Å². The molecular formula is C9H19NO2. The Morgan fingerprint density at radius 2 is 2.00 bits per heavy atom. The van der Waals surface area contributed by atoms with Crippen LogP contribution in [0.25, 0.3) is 0 Å². The van der Waals surface area contributed by atoms with E-state index in [1.54, 1.807) is 0 Å². The van der Waals surface area contributed by atoms with Gasteiger partial charge in [-0.2, -0.15) is 0 Å². The number of hydrogen-bond acceptors (Lipinski definition) is 3. The van der Waals surface area contributed by atoms with E-state index in [2.05, 4.69) is 18.7 Å². The molecule has 0 amide bonds. The molecule has 1 heterocycles. The van der Waals surface area contributed by atoms with Crippen molar-refractivity contribution >= 4 is 0 Å². The molecule has 0 saturated carbocycles. The predicted molar refractivity (Wildman–Crippen MR) is 47.9 cm³/mol. The minimum absolute atomic E-state index is 0.102. The van der Waals surface area contributed by atoms with Crippen LogP contribution in [0.3, 0.4) is 0 Å². The molecule has 0 aromatic rings. The molecule has 1 N–H and O–H groups in total. The monoisotopic (exact) mass is 173 g/mol. The van der Waals surface area contributed by atoms with Crippen molar-refractivity contribution in [1.29, 1.82) is 0 Å². The smallest absolute Gasteiger partial charge is 0.126 e. The number of ether oxygens (including phenoxy) is 1. The molecule has 72 valence electrons. The van der Waals surface area contributed by atoms with E-state index in [1.807, 2.05) is 14.1 Å². The van der Waals surface area contributed by atoms with Gasteiger partial charge in [0, 0.05) is 12.0 Å². The Labute approximate surface area is 74.3 Å². The van der Waals surface area contributed by atoms with Crippen molar-refractivity contribution in [3.63, 3.8) is 0 Å². The zero-order chi connectivity index (χ0) is 9.41. The zero-order valence-corrected chi connectivity index (χ0v) is 8.42. The first-order valence-electron chi connectivity index (χ1n) is 4.38. The van der Waals surface area contributed by atoms with Gasteiger partial charge >= 0.3 is 0 Å². The van der Waals surface area contributed by atoms with E-state index < -0.39 is 0 Å². The maximum Gasteiger partial charge on any atom is 0.126 e. The average Bonchev–Trinajstić information content (AvgIpc) is 2.01. The molecule has 1 fully saturated rings. The van der Waals surface area contributed by atoms with Crippen LogP contribution in [-0.2, 0) is 4.74 Å².